The molecule has 1 aliphatic heterocycles. The van der Waals surface area contributed by atoms with Crippen LogP contribution in [-0.2, 0) is 0 Å². The molecule has 0 radical (unpaired) electrons. The molecule has 2 nitrogen and oxygen atoms in total. The van der Waals surface area contributed by atoms with Gasteiger partial charge in [0, 0.05) is 17.6 Å². The van der Waals surface area contributed by atoms with Gasteiger partial charge >= 0.3 is 0 Å². The summed E-state index contributed by atoms with van der Waals surface area (Å²) in [7, 11) is 0. The van der Waals surface area contributed by atoms with Crippen LogP contribution in [-0.4, -0.2) is 24.0 Å². The Hall–Kier alpha value is -1.00. The van der Waals surface area contributed by atoms with Crippen molar-refractivity contribution >= 4 is 0 Å². The van der Waals surface area contributed by atoms with Crippen LogP contribution >= 0.6 is 0 Å². The maximum Gasteiger partial charge on any atom is 0.163 e. The first-order valence-corrected chi connectivity index (χ1v) is 6.96. The second-order valence-corrected chi connectivity index (χ2v) is 5.56. The fourth-order valence-corrected chi connectivity index (χ4v) is 3.11. The molecule has 1 aromatic carbocycles. The Morgan fingerprint density at radius 2 is 2.11 bits per heavy atom. The minimum Gasteiger partial charge on any atom is -0.330 e. The van der Waals surface area contributed by atoms with E-state index in [9.17, 15) is 8.78 Å². The zero-order valence-electron chi connectivity index (χ0n) is 11.6. The molecule has 19 heavy (non-hydrogen) atoms. The summed E-state index contributed by atoms with van der Waals surface area (Å²) in [5.74, 6) is -1.31. The number of rotatable bonds is 3. The van der Waals surface area contributed by atoms with Crippen molar-refractivity contribution in [2.75, 3.05) is 13.1 Å². The highest BCUT2D eigenvalue weighted by Crippen LogP contribution is 2.38. The van der Waals surface area contributed by atoms with Crippen molar-refractivity contribution in [3.8, 4) is 0 Å². The molecule has 0 bridgehead atoms. The van der Waals surface area contributed by atoms with Gasteiger partial charge in [-0.1, -0.05) is 12.1 Å². The number of piperidine rings is 1. The molecular weight excluding hydrogens is 246 g/mol. The van der Waals surface area contributed by atoms with Crippen molar-refractivity contribution in [2.24, 2.45) is 11.7 Å². The van der Waals surface area contributed by atoms with Gasteiger partial charge in [0.15, 0.2) is 11.6 Å². The number of nitrogens with zero attached hydrogens (tertiary/aromatic N) is 1. The Kier molecular flexibility index (Phi) is 4.53. The summed E-state index contributed by atoms with van der Waals surface area (Å²) in [5.41, 5.74) is 6.29. The summed E-state index contributed by atoms with van der Waals surface area (Å²) in [6.45, 7) is 5.59. The minimum atomic E-state index is -0.775. The molecule has 0 aromatic heterocycles. The summed E-state index contributed by atoms with van der Waals surface area (Å²) in [6, 6.07) is 4.61. The number of likely N-dealkylation sites (tertiary alicyclic amines) is 1. The van der Waals surface area contributed by atoms with E-state index in [1.54, 1.807) is 12.1 Å². The molecule has 1 fully saturated rings. The van der Waals surface area contributed by atoms with Crippen LogP contribution in [0.4, 0.5) is 8.78 Å². The van der Waals surface area contributed by atoms with Crippen LogP contribution in [0.5, 0.6) is 0 Å². The van der Waals surface area contributed by atoms with E-state index in [-0.39, 0.29) is 12.0 Å². The number of nitrogens with two attached hydrogens (primary N) is 1. The van der Waals surface area contributed by atoms with Gasteiger partial charge in [0.25, 0.3) is 0 Å². The molecule has 2 unspecified atom stereocenters. The Bertz CT molecular complexity index is 434. The summed E-state index contributed by atoms with van der Waals surface area (Å²) >= 11 is 0. The maximum absolute atomic E-state index is 14.1. The average Bonchev–Trinajstić information content (AvgIpc) is 2.41. The highest BCUT2D eigenvalue weighted by atomic mass is 19.2. The Balaban J connectivity index is 2.42. The quantitative estimate of drug-likeness (QED) is 0.912. The fraction of sp³-hybridized carbons (Fsp3) is 0.600. The highest BCUT2D eigenvalue weighted by molar-refractivity contribution is 5.24. The lowest BCUT2D eigenvalue weighted by atomic mass is 9.83. The van der Waals surface area contributed by atoms with Gasteiger partial charge in [-0.15, -0.1) is 0 Å². The zero-order valence-corrected chi connectivity index (χ0v) is 11.6. The van der Waals surface area contributed by atoms with E-state index in [2.05, 4.69) is 18.7 Å². The molecule has 106 valence electrons. The molecule has 2 rings (SSSR count). The van der Waals surface area contributed by atoms with E-state index in [0.717, 1.165) is 19.4 Å². The number of hydrogen-bond acceptors (Lipinski definition) is 2. The van der Waals surface area contributed by atoms with Crippen LogP contribution in [0.25, 0.3) is 0 Å². The van der Waals surface area contributed by atoms with E-state index in [1.165, 1.54) is 6.07 Å². The number of hydrogen-bond donors (Lipinski definition) is 1. The predicted molar refractivity (Wildman–Crippen MR) is 72.7 cm³/mol. The molecule has 2 atom stereocenters. The first kappa shape index (κ1) is 14.4. The summed E-state index contributed by atoms with van der Waals surface area (Å²) in [6.07, 6.45) is 2.04. The van der Waals surface area contributed by atoms with E-state index in [1.807, 2.05) is 0 Å². The second kappa shape index (κ2) is 5.97. The van der Waals surface area contributed by atoms with Gasteiger partial charge < -0.3 is 5.73 Å². The third-order valence-electron chi connectivity index (χ3n) is 4.06. The fourth-order valence-electron chi connectivity index (χ4n) is 3.11. The molecule has 0 amide bonds. The van der Waals surface area contributed by atoms with Gasteiger partial charge in [-0.3, -0.25) is 4.90 Å². The van der Waals surface area contributed by atoms with Gasteiger partial charge in [0.05, 0.1) is 0 Å². The largest absolute Gasteiger partial charge is 0.330 e. The van der Waals surface area contributed by atoms with Crippen molar-refractivity contribution < 1.29 is 8.78 Å². The van der Waals surface area contributed by atoms with Gasteiger partial charge in [0.1, 0.15) is 0 Å². The van der Waals surface area contributed by atoms with E-state index in [0.29, 0.717) is 18.2 Å². The van der Waals surface area contributed by atoms with Crippen LogP contribution < -0.4 is 5.73 Å². The van der Waals surface area contributed by atoms with Crippen molar-refractivity contribution in [1.29, 1.82) is 0 Å². The molecule has 0 saturated carbocycles. The standard InChI is InChI=1S/C15H22F2N2/c1-10(2)19-8-4-5-11(9-18)15(19)12-6-3-7-13(16)14(12)17/h3,6-7,10-11,15H,4-5,8-9,18H2,1-2H3. The molecule has 1 aliphatic rings. The molecule has 0 aliphatic carbocycles. The zero-order chi connectivity index (χ0) is 14.0. The predicted octanol–water partition coefficient (Wildman–Crippen LogP) is 3.09. The van der Waals surface area contributed by atoms with Gasteiger partial charge in [0.2, 0.25) is 0 Å². The topological polar surface area (TPSA) is 29.3 Å². The first-order chi connectivity index (χ1) is 9.06. The van der Waals surface area contributed by atoms with Crippen LogP contribution in [0.1, 0.15) is 38.3 Å². The van der Waals surface area contributed by atoms with Crippen molar-refractivity contribution in [1.82, 2.24) is 4.90 Å². The minimum absolute atomic E-state index is 0.116. The summed E-state index contributed by atoms with van der Waals surface area (Å²) in [5, 5.41) is 0. The number of benzene rings is 1. The van der Waals surface area contributed by atoms with E-state index >= 15 is 0 Å². The van der Waals surface area contributed by atoms with E-state index in [4.69, 9.17) is 5.73 Å². The SMILES string of the molecule is CC(C)N1CCCC(CN)C1c1cccc(F)c1F. The van der Waals surface area contributed by atoms with Crippen molar-refractivity contribution in [3.63, 3.8) is 0 Å². The Morgan fingerprint density at radius 1 is 1.37 bits per heavy atom. The van der Waals surface area contributed by atoms with Crippen LogP contribution in [0.2, 0.25) is 0 Å². The molecule has 1 aromatic rings. The molecule has 1 saturated heterocycles. The molecule has 0 spiro atoms. The lowest BCUT2D eigenvalue weighted by Gasteiger charge is -2.43. The van der Waals surface area contributed by atoms with Crippen LogP contribution in [0.15, 0.2) is 18.2 Å². The highest BCUT2D eigenvalue weighted by Gasteiger charge is 2.35. The molecule has 4 heteroatoms. The summed E-state index contributed by atoms with van der Waals surface area (Å²) in [4.78, 5) is 2.24. The third kappa shape index (κ3) is 2.79. The normalized spacial score (nSPS) is 24.9. The van der Waals surface area contributed by atoms with Crippen molar-refractivity contribution in [3.05, 3.63) is 35.4 Å². The van der Waals surface area contributed by atoms with Gasteiger partial charge in [-0.25, -0.2) is 8.78 Å². The first-order valence-electron chi connectivity index (χ1n) is 6.96. The van der Waals surface area contributed by atoms with Crippen LogP contribution in [0.3, 0.4) is 0 Å². The maximum atomic E-state index is 14.1. The second-order valence-electron chi connectivity index (χ2n) is 5.56. The van der Waals surface area contributed by atoms with Gasteiger partial charge in [-0.05, 0) is 51.8 Å². The average molecular weight is 268 g/mol. The smallest absolute Gasteiger partial charge is 0.163 e. The monoisotopic (exact) mass is 268 g/mol. The van der Waals surface area contributed by atoms with Crippen molar-refractivity contribution in [2.45, 2.75) is 38.8 Å². The lowest BCUT2D eigenvalue weighted by molar-refractivity contribution is 0.0638. The van der Waals surface area contributed by atoms with E-state index < -0.39 is 11.6 Å². The molecule has 1 heterocycles. The number of halogens is 2. The Labute approximate surface area is 113 Å². The summed E-state index contributed by atoms with van der Waals surface area (Å²) < 4.78 is 27.6. The molecular formula is C15H22F2N2. The molecule has 2 N–H and O–H groups in total. The lowest BCUT2D eigenvalue weighted by Crippen LogP contribution is -2.45. The Morgan fingerprint density at radius 3 is 2.74 bits per heavy atom. The third-order valence-corrected chi connectivity index (χ3v) is 4.06. The van der Waals surface area contributed by atoms with Crippen LogP contribution in [0, 0.1) is 17.6 Å². The van der Waals surface area contributed by atoms with Gasteiger partial charge in [-0.2, -0.15) is 0 Å².